The number of amides is 1. The maximum Gasteiger partial charge on any atom is 0.255 e. The van der Waals surface area contributed by atoms with Gasteiger partial charge < -0.3 is 4.90 Å². The van der Waals surface area contributed by atoms with Gasteiger partial charge in [-0.1, -0.05) is 23.2 Å². The van der Waals surface area contributed by atoms with Gasteiger partial charge in [0.05, 0.1) is 15.6 Å². The van der Waals surface area contributed by atoms with E-state index in [1.54, 1.807) is 0 Å². The van der Waals surface area contributed by atoms with E-state index in [2.05, 4.69) is 0 Å². The zero-order chi connectivity index (χ0) is 21.5. The molecule has 0 atom stereocenters. The van der Waals surface area contributed by atoms with E-state index in [-0.39, 0.29) is 41.8 Å². The summed E-state index contributed by atoms with van der Waals surface area (Å²) in [6.45, 7) is -0.686. The number of carbonyl (C=O) groups is 1. The van der Waals surface area contributed by atoms with Gasteiger partial charge >= 0.3 is 0 Å². The van der Waals surface area contributed by atoms with Gasteiger partial charge in [0.1, 0.15) is 10.7 Å². The van der Waals surface area contributed by atoms with Gasteiger partial charge in [0.2, 0.25) is 10.0 Å². The molecule has 29 heavy (non-hydrogen) atoms. The quantitative estimate of drug-likeness (QED) is 0.390. The van der Waals surface area contributed by atoms with Crippen LogP contribution in [0.25, 0.3) is 0 Å². The van der Waals surface area contributed by atoms with Crippen LogP contribution in [0.3, 0.4) is 0 Å². The van der Waals surface area contributed by atoms with E-state index in [1.165, 1.54) is 4.90 Å². The van der Waals surface area contributed by atoms with Crippen molar-refractivity contribution < 1.29 is 30.8 Å². The molecule has 1 fully saturated rings. The molecule has 12 heteroatoms. The molecular formula is C17H12Cl2F4N2O3S. The normalized spacial score (nSPS) is 15.6. The summed E-state index contributed by atoms with van der Waals surface area (Å²) in [5, 5.41) is -0.323. The van der Waals surface area contributed by atoms with Crippen LogP contribution in [0, 0.1) is 23.3 Å². The molecule has 0 aromatic heterocycles. The predicted octanol–water partition coefficient (Wildman–Crippen LogP) is 3.70. The van der Waals surface area contributed by atoms with Gasteiger partial charge in [-0.25, -0.2) is 26.0 Å². The molecule has 0 unspecified atom stereocenters. The summed E-state index contributed by atoms with van der Waals surface area (Å²) >= 11 is 11.5. The van der Waals surface area contributed by atoms with Gasteiger partial charge in [-0.2, -0.15) is 4.31 Å². The monoisotopic (exact) mass is 470 g/mol. The van der Waals surface area contributed by atoms with E-state index in [1.807, 2.05) is 0 Å². The molecule has 0 bridgehead atoms. The first-order valence-corrected chi connectivity index (χ1v) is 10.3. The third-order valence-corrected chi connectivity index (χ3v) is 6.90. The summed E-state index contributed by atoms with van der Waals surface area (Å²) in [6, 6.07) is 3.12. The van der Waals surface area contributed by atoms with E-state index in [4.69, 9.17) is 23.2 Å². The molecule has 1 saturated heterocycles. The standard InChI is InChI=1S/C17H12Cl2F4N2O3S/c18-10-8-11(19)13(21)7-9(10)17(26)24-3-5-25(6-4-24)29(27,28)14-2-1-12(20)15(22)16(14)23/h1-2,7-8H,3-6H2. The van der Waals surface area contributed by atoms with Crippen molar-refractivity contribution in [2.75, 3.05) is 26.2 Å². The molecule has 0 saturated carbocycles. The first kappa shape index (κ1) is 21.8. The second kappa shape index (κ2) is 8.10. The summed E-state index contributed by atoms with van der Waals surface area (Å²) in [7, 11) is -4.46. The van der Waals surface area contributed by atoms with Crippen molar-refractivity contribution >= 4 is 39.1 Å². The number of carbonyl (C=O) groups excluding carboxylic acids is 1. The second-order valence-corrected chi connectivity index (χ2v) is 8.84. The maximum atomic E-state index is 13.9. The molecule has 2 aromatic carbocycles. The van der Waals surface area contributed by atoms with Crippen LogP contribution in [0.2, 0.25) is 10.0 Å². The Morgan fingerprint density at radius 3 is 2.10 bits per heavy atom. The number of sulfonamides is 1. The van der Waals surface area contributed by atoms with E-state index in [9.17, 15) is 30.8 Å². The highest BCUT2D eigenvalue weighted by Gasteiger charge is 2.34. The highest BCUT2D eigenvalue weighted by Crippen LogP contribution is 2.27. The van der Waals surface area contributed by atoms with E-state index in [0.29, 0.717) is 12.1 Å². The van der Waals surface area contributed by atoms with Crippen LogP contribution in [-0.2, 0) is 10.0 Å². The van der Waals surface area contributed by atoms with Crippen molar-refractivity contribution in [2.45, 2.75) is 4.90 Å². The SMILES string of the molecule is O=C(c1cc(F)c(Cl)cc1Cl)N1CCN(S(=O)(=O)c2ccc(F)c(F)c2F)CC1. The Bertz CT molecular complexity index is 1090. The average Bonchev–Trinajstić information content (AvgIpc) is 2.68. The summed E-state index contributed by atoms with van der Waals surface area (Å²) in [5.74, 6) is -6.69. The molecule has 156 valence electrons. The van der Waals surface area contributed by atoms with E-state index >= 15 is 0 Å². The van der Waals surface area contributed by atoms with Crippen LogP contribution in [0.4, 0.5) is 17.6 Å². The lowest BCUT2D eigenvalue weighted by atomic mass is 10.1. The summed E-state index contributed by atoms with van der Waals surface area (Å²) in [4.78, 5) is 12.8. The number of rotatable bonds is 3. The fourth-order valence-electron chi connectivity index (χ4n) is 2.83. The van der Waals surface area contributed by atoms with Crippen LogP contribution < -0.4 is 0 Å². The third-order valence-electron chi connectivity index (χ3n) is 4.38. The lowest BCUT2D eigenvalue weighted by Crippen LogP contribution is -2.50. The number of hydrogen-bond donors (Lipinski definition) is 0. The van der Waals surface area contributed by atoms with Crippen molar-refractivity contribution in [1.82, 2.24) is 9.21 Å². The van der Waals surface area contributed by atoms with Crippen LogP contribution in [-0.4, -0.2) is 49.7 Å². The molecule has 1 aliphatic heterocycles. The lowest BCUT2D eigenvalue weighted by molar-refractivity contribution is 0.0697. The Hall–Kier alpha value is -1.88. The van der Waals surface area contributed by atoms with Crippen molar-refractivity contribution in [3.63, 3.8) is 0 Å². The predicted molar refractivity (Wildman–Crippen MR) is 97.4 cm³/mol. The molecule has 0 spiro atoms. The first-order chi connectivity index (χ1) is 13.5. The van der Waals surface area contributed by atoms with Crippen LogP contribution in [0.1, 0.15) is 10.4 Å². The maximum absolute atomic E-state index is 13.9. The third kappa shape index (κ3) is 4.07. The fraction of sp³-hybridized carbons (Fsp3) is 0.235. The highest BCUT2D eigenvalue weighted by molar-refractivity contribution is 7.89. The average molecular weight is 471 g/mol. The zero-order valence-electron chi connectivity index (χ0n) is 14.4. The molecule has 2 aromatic rings. The molecule has 1 aliphatic rings. The first-order valence-electron chi connectivity index (χ1n) is 8.11. The van der Waals surface area contributed by atoms with Gasteiger partial charge in [-0.05, 0) is 24.3 Å². The number of benzene rings is 2. The van der Waals surface area contributed by atoms with Gasteiger partial charge in [-0.3, -0.25) is 4.79 Å². The fourth-order valence-corrected chi connectivity index (χ4v) is 4.78. The number of piperazine rings is 1. The van der Waals surface area contributed by atoms with Gasteiger partial charge in [0, 0.05) is 26.2 Å². The van der Waals surface area contributed by atoms with Crippen LogP contribution >= 0.6 is 23.2 Å². The number of hydrogen-bond acceptors (Lipinski definition) is 3. The Kier molecular flexibility index (Phi) is 6.09. The highest BCUT2D eigenvalue weighted by atomic mass is 35.5. The molecular weight excluding hydrogens is 459 g/mol. The summed E-state index contributed by atoms with van der Waals surface area (Å²) < 4.78 is 80.0. The number of halogens is 6. The van der Waals surface area contributed by atoms with E-state index < -0.39 is 44.1 Å². The molecule has 0 N–H and O–H groups in total. The molecule has 5 nitrogen and oxygen atoms in total. The Balaban J connectivity index is 1.78. The molecule has 1 heterocycles. The lowest BCUT2D eigenvalue weighted by Gasteiger charge is -2.34. The molecule has 0 aliphatic carbocycles. The van der Waals surface area contributed by atoms with Crippen molar-refractivity contribution in [3.8, 4) is 0 Å². The van der Waals surface area contributed by atoms with Crippen LogP contribution in [0.5, 0.6) is 0 Å². The second-order valence-electron chi connectivity index (χ2n) is 6.12. The number of nitrogens with zero attached hydrogens (tertiary/aromatic N) is 2. The minimum atomic E-state index is -4.46. The van der Waals surface area contributed by atoms with Gasteiger partial charge in [0.25, 0.3) is 5.91 Å². The van der Waals surface area contributed by atoms with Crippen molar-refractivity contribution in [2.24, 2.45) is 0 Å². The van der Waals surface area contributed by atoms with Crippen molar-refractivity contribution in [3.05, 3.63) is 63.1 Å². The Labute approximate surface area is 173 Å². The summed E-state index contributed by atoms with van der Waals surface area (Å²) in [5.41, 5.74) is -0.142. The summed E-state index contributed by atoms with van der Waals surface area (Å²) in [6.07, 6.45) is 0. The van der Waals surface area contributed by atoms with Crippen molar-refractivity contribution in [1.29, 1.82) is 0 Å². The van der Waals surface area contributed by atoms with Crippen LogP contribution in [0.15, 0.2) is 29.2 Å². The van der Waals surface area contributed by atoms with Gasteiger partial charge in [-0.15, -0.1) is 0 Å². The minimum absolute atomic E-state index is 0.0692. The largest absolute Gasteiger partial charge is 0.336 e. The molecule has 3 rings (SSSR count). The molecule has 1 amide bonds. The Morgan fingerprint density at radius 2 is 1.48 bits per heavy atom. The molecule has 0 radical (unpaired) electrons. The topological polar surface area (TPSA) is 57.7 Å². The van der Waals surface area contributed by atoms with E-state index in [0.717, 1.165) is 16.4 Å². The minimum Gasteiger partial charge on any atom is -0.336 e. The Morgan fingerprint density at radius 1 is 0.862 bits per heavy atom. The zero-order valence-corrected chi connectivity index (χ0v) is 16.8. The smallest absolute Gasteiger partial charge is 0.255 e. The van der Waals surface area contributed by atoms with Gasteiger partial charge in [0.15, 0.2) is 17.5 Å².